The van der Waals surface area contributed by atoms with E-state index in [2.05, 4.69) is 31.6 Å². The fraction of sp³-hybridized carbons (Fsp3) is 0.172. The zero-order valence-electron chi connectivity index (χ0n) is 21.2. The summed E-state index contributed by atoms with van der Waals surface area (Å²) in [6, 6.07) is 16.8. The third kappa shape index (κ3) is 3.49. The van der Waals surface area contributed by atoms with E-state index in [9.17, 15) is 9.59 Å². The Bertz CT molecular complexity index is 2090. The topological polar surface area (TPSA) is 127 Å². The number of imidazole rings is 1. The van der Waals surface area contributed by atoms with Crippen LogP contribution >= 0.6 is 11.6 Å². The van der Waals surface area contributed by atoms with Gasteiger partial charge in [-0.1, -0.05) is 17.7 Å². The Morgan fingerprint density at radius 1 is 1.00 bits per heavy atom. The summed E-state index contributed by atoms with van der Waals surface area (Å²) in [7, 11) is 0. The number of aromatic amines is 2. The van der Waals surface area contributed by atoms with Crippen molar-refractivity contribution in [2.45, 2.75) is 25.3 Å². The number of aromatic nitrogens is 8. The minimum Gasteiger partial charge on any atom is -0.340 e. The van der Waals surface area contributed by atoms with E-state index in [1.807, 2.05) is 47.2 Å². The van der Waals surface area contributed by atoms with Gasteiger partial charge in [-0.15, -0.1) is 5.10 Å². The van der Waals surface area contributed by atoms with Gasteiger partial charge in [-0.2, -0.15) is 4.68 Å². The van der Waals surface area contributed by atoms with Crippen LogP contribution in [0.15, 0.2) is 76.7 Å². The van der Waals surface area contributed by atoms with E-state index in [4.69, 9.17) is 16.6 Å². The summed E-state index contributed by atoms with van der Waals surface area (Å²) in [6.45, 7) is 1.80. The van der Waals surface area contributed by atoms with Crippen LogP contribution < -0.4 is 11.1 Å². The molecule has 1 aliphatic heterocycles. The molecule has 1 aliphatic carbocycles. The maximum atomic E-state index is 13.6. The second kappa shape index (κ2) is 8.33. The van der Waals surface area contributed by atoms with Gasteiger partial charge in [0.1, 0.15) is 12.2 Å². The van der Waals surface area contributed by atoms with Crippen molar-refractivity contribution in [1.29, 1.82) is 0 Å². The van der Waals surface area contributed by atoms with Crippen molar-refractivity contribution in [3.63, 3.8) is 0 Å². The van der Waals surface area contributed by atoms with Crippen LogP contribution in [0.25, 0.3) is 39.0 Å². The molecule has 196 valence electrons. The molecule has 3 unspecified atom stereocenters. The van der Waals surface area contributed by atoms with Crippen LogP contribution in [-0.4, -0.2) is 39.7 Å². The molecule has 10 nitrogen and oxygen atoms in total. The number of benzene rings is 2. The molecule has 0 amide bonds. The average molecular weight is 549 g/mol. The molecule has 2 N–H and O–H groups in total. The normalized spacial score (nSPS) is 19.1. The first-order chi connectivity index (χ1) is 19.4. The maximum absolute atomic E-state index is 13.6. The largest absolute Gasteiger partial charge is 0.340 e. The molecule has 4 aromatic heterocycles. The zero-order chi connectivity index (χ0) is 27.1. The smallest absolute Gasteiger partial charge is 0.252 e. The fourth-order valence-electron chi connectivity index (χ4n) is 6.09. The first-order valence-corrected chi connectivity index (χ1v) is 13.3. The number of fused-ring (bicyclic) bond motifs is 4. The van der Waals surface area contributed by atoms with Gasteiger partial charge in [-0.05, 0) is 83.1 Å². The van der Waals surface area contributed by atoms with Crippen LogP contribution in [0.5, 0.6) is 0 Å². The molecule has 2 aromatic carbocycles. The van der Waals surface area contributed by atoms with Gasteiger partial charge < -0.3 is 14.5 Å². The molecule has 1 saturated carbocycles. The van der Waals surface area contributed by atoms with Crippen LogP contribution in [0, 0.1) is 12.8 Å². The molecule has 0 spiro atoms. The number of aryl methyl sites for hydroxylation is 1. The lowest BCUT2D eigenvalue weighted by molar-refractivity contribution is 0.515. The Labute approximate surface area is 231 Å². The van der Waals surface area contributed by atoms with Crippen LogP contribution in [0.3, 0.4) is 0 Å². The number of pyridine rings is 2. The Morgan fingerprint density at radius 3 is 2.75 bits per heavy atom. The predicted molar refractivity (Wildman–Crippen MR) is 150 cm³/mol. The molecule has 3 atom stereocenters. The van der Waals surface area contributed by atoms with Gasteiger partial charge >= 0.3 is 0 Å². The van der Waals surface area contributed by atoms with Crippen molar-refractivity contribution in [2.75, 3.05) is 0 Å². The van der Waals surface area contributed by atoms with Crippen molar-refractivity contribution in [3.05, 3.63) is 110 Å². The summed E-state index contributed by atoms with van der Waals surface area (Å²) in [5, 5.41) is 13.0. The number of tetrazole rings is 1. The maximum Gasteiger partial charge on any atom is 0.252 e. The van der Waals surface area contributed by atoms with Gasteiger partial charge in [-0.3, -0.25) is 9.59 Å². The SMILES string of the molecule is Cc1cc2cc(-c3cnc(C4C5CC5c5cc(-c6cc(Cl)ccc6-n6cnnn6)cc(=O)n54)[nH]3)ccc2[nH]c1=O. The summed E-state index contributed by atoms with van der Waals surface area (Å²) in [4.78, 5) is 36.7. The fourth-order valence-corrected chi connectivity index (χ4v) is 6.26. The van der Waals surface area contributed by atoms with Gasteiger partial charge in [0.2, 0.25) is 0 Å². The molecule has 5 heterocycles. The standard InChI is InChI=1S/C29H21ClN8O2/c1-14-6-17-7-15(2-4-22(17)34-29(14)40)23-12-31-28(33-23)27-21-11-20(21)25-8-16(9-26(39)38(25)27)19-10-18(30)3-5-24(19)37-13-32-35-36-37/h2-10,12-13,20-21,27H,11H2,1H3,(H,31,33)(H,34,40). The van der Waals surface area contributed by atoms with E-state index in [1.54, 1.807) is 23.7 Å². The summed E-state index contributed by atoms with van der Waals surface area (Å²) < 4.78 is 3.44. The number of H-pyrrole nitrogens is 2. The first-order valence-electron chi connectivity index (χ1n) is 12.9. The van der Waals surface area contributed by atoms with Crippen LogP contribution in [-0.2, 0) is 0 Å². The summed E-state index contributed by atoms with van der Waals surface area (Å²) in [6.07, 6.45) is 4.33. The second-order valence-corrected chi connectivity index (χ2v) is 10.9. The second-order valence-electron chi connectivity index (χ2n) is 10.5. The zero-order valence-corrected chi connectivity index (χ0v) is 21.9. The summed E-state index contributed by atoms with van der Waals surface area (Å²) in [5.74, 6) is 1.37. The quantitative estimate of drug-likeness (QED) is 0.336. The molecule has 0 saturated heterocycles. The predicted octanol–water partition coefficient (Wildman–Crippen LogP) is 4.39. The van der Waals surface area contributed by atoms with Gasteiger partial charge in [-0.25, -0.2) is 4.98 Å². The first kappa shape index (κ1) is 23.1. The van der Waals surface area contributed by atoms with Gasteiger partial charge in [0, 0.05) is 44.9 Å². The lowest BCUT2D eigenvalue weighted by Gasteiger charge is -2.18. The highest BCUT2D eigenvalue weighted by molar-refractivity contribution is 6.31. The lowest BCUT2D eigenvalue weighted by atomic mass is 10.0. The Morgan fingerprint density at radius 2 is 1.90 bits per heavy atom. The lowest BCUT2D eigenvalue weighted by Crippen LogP contribution is -2.26. The molecular weight excluding hydrogens is 528 g/mol. The van der Waals surface area contributed by atoms with E-state index >= 15 is 0 Å². The molecule has 1 fully saturated rings. The molecule has 0 bridgehead atoms. The molecule has 6 aromatic rings. The van der Waals surface area contributed by atoms with Gasteiger partial charge in [0.15, 0.2) is 0 Å². The highest BCUT2D eigenvalue weighted by Gasteiger charge is 2.54. The van der Waals surface area contributed by atoms with Gasteiger partial charge in [0.25, 0.3) is 11.1 Å². The molecule has 2 aliphatic rings. The number of hydrogen-bond acceptors (Lipinski definition) is 6. The molecule has 8 rings (SSSR count). The number of nitrogens with zero attached hydrogens (tertiary/aromatic N) is 6. The molecule has 11 heteroatoms. The third-order valence-corrected chi connectivity index (χ3v) is 8.32. The van der Waals surface area contributed by atoms with E-state index < -0.39 is 0 Å². The average Bonchev–Trinajstić information content (AvgIpc) is 3.28. The highest BCUT2D eigenvalue weighted by atomic mass is 35.5. The van der Waals surface area contributed by atoms with E-state index in [0.717, 1.165) is 56.9 Å². The Balaban J connectivity index is 1.19. The Kier molecular flexibility index (Phi) is 4.81. The number of halogens is 1. The van der Waals surface area contributed by atoms with Crippen LogP contribution in [0.2, 0.25) is 5.02 Å². The van der Waals surface area contributed by atoms with Crippen molar-refractivity contribution < 1.29 is 0 Å². The Hall–Kier alpha value is -4.83. The summed E-state index contributed by atoms with van der Waals surface area (Å²) >= 11 is 6.35. The monoisotopic (exact) mass is 548 g/mol. The van der Waals surface area contributed by atoms with Crippen molar-refractivity contribution in [1.82, 2.24) is 39.7 Å². The number of nitrogens with one attached hydrogen (secondary N) is 2. The van der Waals surface area contributed by atoms with Gasteiger partial charge in [0.05, 0.1) is 23.6 Å². The molecule has 0 radical (unpaired) electrons. The van der Waals surface area contributed by atoms with E-state index in [-0.39, 0.29) is 17.2 Å². The van der Waals surface area contributed by atoms with E-state index in [1.165, 1.54) is 6.33 Å². The van der Waals surface area contributed by atoms with Crippen LogP contribution in [0.1, 0.15) is 35.5 Å². The van der Waals surface area contributed by atoms with Crippen molar-refractivity contribution >= 4 is 22.5 Å². The van der Waals surface area contributed by atoms with Crippen molar-refractivity contribution in [3.8, 4) is 28.1 Å². The third-order valence-electron chi connectivity index (χ3n) is 8.08. The van der Waals surface area contributed by atoms with E-state index in [0.29, 0.717) is 22.4 Å². The summed E-state index contributed by atoms with van der Waals surface area (Å²) in [5.41, 5.74) is 6.41. The number of hydrogen-bond donors (Lipinski definition) is 2. The van der Waals surface area contributed by atoms with Crippen molar-refractivity contribution in [2.24, 2.45) is 5.92 Å². The minimum absolute atomic E-state index is 0.0847. The number of rotatable bonds is 4. The van der Waals surface area contributed by atoms with Crippen LogP contribution in [0.4, 0.5) is 0 Å². The highest BCUT2D eigenvalue weighted by Crippen LogP contribution is 2.60. The molecule has 40 heavy (non-hydrogen) atoms. The molecular formula is C29H21ClN8O2. The minimum atomic E-state index is -0.160.